The first-order valence-electron chi connectivity index (χ1n) is 5.72. The lowest BCUT2D eigenvalue weighted by atomic mass is 10.3. The molecule has 7 heteroatoms. The molecule has 0 saturated carbocycles. The van der Waals surface area contributed by atoms with Crippen LogP contribution in [0.15, 0.2) is 23.0 Å². The Balaban J connectivity index is 3.09. The van der Waals surface area contributed by atoms with Gasteiger partial charge in [0, 0.05) is 12.6 Å². The van der Waals surface area contributed by atoms with Crippen LogP contribution in [0.3, 0.4) is 0 Å². The highest BCUT2D eigenvalue weighted by atomic mass is 32.2. The van der Waals surface area contributed by atoms with Gasteiger partial charge in [-0.1, -0.05) is 6.07 Å². The Labute approximate surface area is 111 Å². The van der Waals surface area contributed by atoms with Gasteiger partial charge in [-0.15, -0.1) is 0 Å². The third-order valence-electron chi connectivity index (χ3n) is 2.79. The highest BCUT2D eigenvalue weighted by molar-refractivity contribution is 7.92. The van der Waals surface area contributed by atoms with Crippen molar-refractivity contribution in [3.63, 3.8) is 0 Å². The Kier molecular flexibility index (Phi) is 4.19. The van der Waals surface area contributed by atoms with Crippen LogP contribution in [-0.4, -0.2) is 34.6 Å². The Morgan fingerprint density at radius 3 is 2.37 bits per heavy atom. The maximum atomic E-state index is 12.0. The molecule has 0 fully saturated rings. The van der Waals surface area contributed by atoms with Crippen LogP contribution in [0.4, 0.5) is 0 Å². The number of rotatable bonds is 4. The van der Waals surface area contributed by atoms with Crippen molar-refractivity contribution in [3.8, 4) is 0 Å². The molecule has 19 heavy (non-hydrogen) atoms. The van der Waals surface area contributed by atoms with E-state index < -0.39 is 26.1 Å². The summed E-state index contributed by atoms with van der Waals surface area (Å²) in [7, 11) is -3.41. The van der Waals surface area contributed by atoms with E-state index in [-0.39, 0.29) is 18.0 Å². The van der Waals surface area contributed by atoms with Crippen molar-refractivity contribution < 1.29 is 18.3 Å². The van der Waals surface area contributed by atoms with Crippen LogP contribution in [0.25, 0.3) is 0 Å². The topological polar surface area (TPSA) is 93.4 Å². The summed E-state index contributed by atoms with van der Waals surface area (Å²) in [6, 6.07) is 3.81. The van der Waals surface area contributed by atoms with E-state index >= 15 is 0 Å². The molecule has 0 saturated heterocycles. The number of sulfone groups is 1. The molecule has 1 aromatic heterocycles. The first-order chi connectivity index (χ1) is 8.56. The van der Waals surface area contributed by atoms with Crippen LogP contribution in [0.5, 0.6) is 0 Å². The molecule has 106 valence electrons. The first-order valence-corrected chi connectivity index (χ1v) is 7.37. The summed E-state index contributed by atoms with van der Waals surface area (Å²) >= 11 is 0. The van der Waals surface area contributed by atoms with Crippen LogP contribution >= 0.6 is 0 Å². The van der Waals surface area contributed by atoms with E-state index in [0.717, 1.165) is 4.57 Å². The minimum absolute atomic E-state index is 0.166. The summed E-state index contributed by atoms with van der Waals surface area (Å²) in [6.45, 7) is 4.53. The van der Waals surface area contributed by atoms with Crippen LogP contribution in [-0.2, 0) is 16.4 Å². The highest BCUT2D eigenvalue weighted by Gasteiger charge is 2.29. The number of hydrogen-bond acceptors (Lipinski definition) is 4. The molecule has 0 bridgehead atoms. The van der Waals surface area contributed by atoms with Gasteiger partial charge in [-0.3, -0.25) is 4.79 Å². The zero-order valence-corrected chi connectivity index (χ0v) is 11.9. The number of hydrogen-bond donors (Lipinski definition) is 1. The molecule has 0 aliphatic carbocycles. The quantitative estimate of drug-likeness (QED) is 0.882. The van der Waals surface area contributed by atoms with Crippen molar-refractivity contribution in [2.45, 2.75) is 32.1 Å². The predicted molar refractivity (Wildman–Crippen MR) is 71.2 cm³/mol. The van der Waals surface area contributed by atoms with Crippen LogP contribution < -0.4 is 5.56 Å². The van der Waals surface area contributed by atoms with Crippen molar-refractivity contribution >= 4 is 15.8 Å². The molecule has 0 aliphatic rings. The largest absolute Gasteiger partial charge is 0.477 e. The molecule has 1 N–H and O–H groups in total. The number of aromatic carboxylic acids is 1. The third-order valence-corrected chi connectivity index (χ3v) is 5.37. The summed E-state index contributed by atoms with van der Waals surface area (Å²) in [5.74, 6) is -1.54. The van der Waals surface area contributed by atoms with Crippen molar-refractivity contribution in [1.29, 1.82) is 0 Å². The van der Waals surface area contributed by atoms with Crippen LogP contribution in [0.2, 0.25) is 0 Å². The van der Waals surface area contributed by atoms with Gasteiger partial charge in [-0.25, -0.2) is 13.2 Å². The Morgan fingerprint density at radius 1 is 1.32 bits per heavy atom. The zero-order valence-electron chi connectivity index (χ0n) is 11.1. The van der Waals surface area contributed by atoms with Crippen molar-refractivity contribution in [1.82, 2.24) is 4.57 Å². The number of carboxylic acid groups (broad SMARTS) is 1. The molecular formula is C12H17NO5S. The Hall–Kier alpha value is -1.63. The third kappa shape index (κ3) is 3.44. The minimum Gasteiger partial charge on any atom is -0.477 e. The summed E-state index contributed by atoms with van der Waals surface area (Å²) in [6.07, 6.45) is 0. The second-order valence-corrected chi connectivity index (χ2v) is 8.00. The van der Waals surface area contributed by atoms with E-state index in [0.29, 0.717) is 0 Å². The zero-order chi connectivity index (χ0) is 14.8. The lowest BCUT2D eigenvalue weighted by Gasteiger charge is -2.19. The Bertz CT molecular complexity index is 637. The fourth-order valence-corrected chi connectivity index (χ4v) is 2.49. The smallest absolute Gasteiger partial charge is 0.352 e. The fourth-order valence-electron chi connectivity index (χ4n) is 1.46. The monoisotopic (exact) mass is 287 g/mol. The van der Waals surface area contributed by atoms with E-state index in [9.17, 15) is 18.0 Å². The van der Waals surface area contributed by atoms with Crippen LogP contribution in [0.1, 0.15) is 31.3 Å². The van der Waals surface area contributed by atoms with Gasteiger partial charge < -0.3 is 9.67 Å². The Morgan fingerprint density at radius 2 is 1.89 bits per heavy atom. The minimum atomic E-state index is -3.41. The van der Waals surface area contributed by atoms with Gasteiger partial charge in [0.15, 0.2) is 9.84 Å². The molecule has 0 amide bonds. The molecule has 0 aromatic carbocycles. The average Bonchev–Trinajstić information content (AvgIpc) is 2.25. The van der Waals surface area contributed by atoms with Crippen molar-refractivity contribution in [3.05, 3.63) is 34.2 Å². The standard InChI is InChI=1S/C12H17NO5S/c1-12(2,3)19(17,18)8-7-13-9(11(15)16)5-4-6-10(13)14/h4-6H,7-8H2,1-3H3,(H,15,16). The summed E-state index contributed by atoms with van der Waals surface area (Å²) in [5, 5.41) is 8.97. The number of nitrogens with zero attached hydrogens (tertiary/aromatic N) is 1. The molecule has 0 radical (unpaired) electrons. The van der Waals surface area contributed by atoms with Gasteiger partial charge in [-0.2, -0.15) is 0 Å². The second kappa shape index (κ2) is 5.16. The molecule has 6 nitrogen and oxygen atoms in total. The predicted octanol–water partition coefficient (Wildman–Crippen LogP) is 0.760. The summed E-state index contributed by atoms with van der Waals surface area (Å²) < 4.78 is 23.9. The summed E-state index contributed by atoms with van der Waals surface area (Å²) in [5.41, 5.74) is -0.736. The van der Waals surface area contributed by atoms with Crippen molar-refractivity contribution in [2.24, 2.45) is 0 Å². The van der Waals surface area contributed by atoms with Gasteiger partial charge in [-0.05, 0) is 26.8 Å². The van der Waals surface area contributed by atoms with E-state index in [1.54, 1.807) is 20.8 Å². The number of carboxylic acids is 1. The number of pyridine rings is 1. The first kappa shape index (κ1) is 15.4. The number of carbonyl (C=O) groups is 1. The molecule has 1 rings (SSSR count). The lowest BCUT2D eigenvalue weighted by molar-refractivity contribution is 0.0683. The van der Waals surface area contributed by atoms with Gasteiger partial charge in [0.05, 0.1) is 10.5 Å². The van der Waals surface area contributed by atoms with E-state index in [2.05, 4.69) is 0 Å². The molecule has 0 unspecified atom stereocenters. The van der Waals surface area contributed by atoms with Gasteiger partial charge >= 0.3 is 5.97 Å². The van der Waals surface area contributed by atoms with Crippen LogP contribution in [0, 0.1) is 0 Å². The average molecular weight is 287 g/mol. The van der Waals surface area contributed by atoms with Crippen molar-refractivity contribution in [2.75, 3.05) is 5.75 Å². The molecule has 1 heterocycles. The molecule has 0 spiro atoms. The van der Waals surface area contributed by atoms with E-state index in [1.807, 2.05) is 0 Å². The van der Waals surface area contributed by atoms with Gasteiger partial charge in [0.25, 0.3) is 5.56 Å². The van der Waals surface area contributed by atoms with Gasteiger partial charge in [0.2, 0.25) is 0 Å². The lowest BCUT2D eigenvalue weighted by Crippen LogP contribution is -2.35. The molecule has 0 aliphatic heterocycles. The second-order valence-electron chi connectivity index (χ2n) is 5.14. The van der Waals surface area contributed by atoms with E-state index in [1.165, 1.54) is 18.2 Å². The maximum Gasteiger partial charge on any atom is 0.352 e. The summed E-state index contributed by atoms with van der Waals surface area (Å²) in [4.78, 5) is 22.6. The van der Waals surface area contributed by atoms with Gasteiger partial charge in [0.1, 0.15) is 5.69 Å². The molecule has 1 aromatic rings. The molecule has 0 atom stereocenters. The normalized spacial score (nSPS) is 12.4. The molecular weight excluding hydrogens is 270 g/mol. The SMILES string of the molecule is CC(C)(C)S(=O)(=O)CCn1c(C(=O)O)cccc1=O. The fraction of sp³-hybridized carbons (Fsp3) is 0.500. The number of aromatic nitrogens is 1. The van der Waals surface area contributed by atoms with E-state index in [4.69, 9.17) is 5.11 Å². The maximum absolute atomic E-state index is 12.0. The highest BCUT2D eigenvalue weighted by Crippen LogP contribution is 2.16.